The lowest BCUT2D eigenvalue weighted by molar-refractivity contribution is -0.186. The number of ketones is 1. The number of hydrogen-bond donors (Lipinski definition) is 0. The van der Waals surface area contributed by atoms with Crippen LogP contribution >= 0.6 is 0 Å². The van der Waals surface area contributed by atoms with Crippen LogP contribution in [0.25, 0.3) is 21.9 Å². The van der Waals surface area contributed by atoms with Crippen LogP contribution in [0.2, 0.25) is 0 Å². The zero-order chi connectivity index (χ0) is 34.4. The van der Waals surface area contributed by atoms with Crippen molar-refractivity contribution in [1.82, 2.24) is 15.0 Å². The number of esters is 2. The number of carbonyl (C=O) groups is 3. The molecule has 0 amide bonds. The number of Topliss-reactive ketones (excluding diaryl/α,β-unsaturated/α-hetero) is 1. The Morgan fingerprint density at radius 1 is 0.872 bits per heavy atom. The van der Waals surface area contributed by atoms with Gasteiger partial charge >= 0.3 is 11.9 Å². The summed E-state index contributed by atoms with van der Waals surface area (Å²) in [7, 11) is 0. The van der Waals surface area contributed by atoms with Gasteiger partial charge < -0.3 is 18.6 Å². The summed E-state index contributed by atoms with van der Waals surface area (Å²) in [5, 5.41) is 8.98. The van der Waals surface area contributed by atoms with E-state index in [-0.39, 0.29) is 18.5 Å². The van der Waals surface area contributed by atoms with Crippen LogP contribution in [0.1, 0.15) is 97.3 Å². The van der Waals surface area contributed by atoms with Crippen molar-refractivity contribution in [1.29, 1.82) is 0 Å². The molecule has 2 aromatic carbocycles. The molecule has 0 saturated carbocycles. The molecule has 252 valence electrons. The van der Waals surface area contributed by atoms with Gasteiger partial charge in [-0.2, -0.15) is 0 Å². The molecule has 0 aliphatic heterocycles. The third-order valence-corrected chi connectivity index (χ3v) is 7.54. The maximum atomic E-state index is 14.1. The van der Waals surface area contributed by atoms with Gasteiger partial charge in [-0.15, -0.1) is 5.10 Å². The fourth-order valence-corrected chi connectivity index (χ4v) is 5.14. The number of benzene rings is 2. The molecule has 4 rings (SSSR count). The molecular weight excluding hydrogens is 602 g/mol. The second-order valence-corrected chi connectivity index (χ2v) is 13.8. The van der Waals surface area contributed by atoms with E-state index in [2.05, 4.69) is 17.2 Å². The molecular formula is C36H45N3O8. The maximum absolute atomic E-state index is 14.1. The molecule has 0 fully saturated rings. The van der Waals surface area contributed by atoms with Crippen LogP contribution in [0, 0.1) is 5.41 Å². The lowest BCUT2D eigenvalue weighted by Crippen LogP contribution is -2.49. The van der Waals surface area contributed by atoms with E-state index in [1.807, 2.05) is 0 Å². The van der Waals surface area contributed by atoms with Crippen molar-refractivity contribution in [2.45, 2.75) is 105 Å². The van der Waals surface area contributed by atoms with Gasteiger partial charge in [0.05, 0.1) is 17.6 Å². The van der Waals surface area contributed by atoms with Gasteiger partial charge in [-0.05, 0) is 78.6 Å². The van der Waals surface area contributed by atoms with Gasteiger partial charge in [0.2, 0.25) is 0 Å². The second-order valence-electron chi connectivity index (χ2n) is 13.8. The second kappa shape index (κ2) is 14.5. The highest BCUT2D eigenvalue weighted by Gasteiger charge is 2.52. The van der Waals surface area contributed by atoms with E-state index in [1.54, 1.807) is 84.0 Å². The fourth-order valence-electron chi connectivity index (χ4n) is 5.14. The molecule has 0 atom stereocenters. The lowest BCUT2D eigenvalue weighted by Gasteiger charge is -2.34. The molecule has 0 radical (unpaired) electrons. The van der Waals surface area contributed by atoms with Gasteiger partial charge in [-0.25, -0.2) is 4.68 Å². The van der Waals surface area contributed by atoms with Crippen LogP contribution < -0.4 is 10.3 Å². The normalized spacial score (nSPS) is 12.3. The summed E-state index contributed by atoms with van der Waals surface area (Å²) >= 11 is 0. The summed E-state index contributed by atoms with van der Waals surface area (Å²) in [5.41, 5.74) is -3.55. The molecule has 2 heterocycles. The molecule has 4 aromatic rings. The molecule has 0 aliphatic rings. The van der Waals surface area contributed by atoms with Crippen LogP contribution in [0.3, 0.4) is 0 Å². The van der Waals surface area contributed by atoms with E-state index in [0.717, 1.165) is 30.4 Å². The molecule has 0 saturated heterocycles. The number of nitrogens with zero attached hydrogens (tertiary/aromatic N) is 3. The van der Waals surface area contributed by atoms with Gasteiger partial charge in [0.15, 0.2) is 11.2 Å². The van der Waals surface area contributed by atoms with Crippen LogP contribution in [-0.2, 0) is 25.6 Å². The van der Waals surface area contributed by atoms with E-state index in [1.165, 1.54) is 6.26 Å². The number of aromatic nitrogens is 3. The first-order valence-electron chi connectivity index (χ1n) is 16.1. The molecule has 2 aromatic heterocycles. The van der Waals surface area contributed by atoms with Crippen molar-refractivity contribution >= 4 is 39.6 Å². The van der Waals surface area contributed by atoms with E-state index >= 15 is 0 Å². The zero-order valence-corrected chi connectivity index (χ0v) is 28.4. The standard InChI is InChI=1S/C36H45N3O8/c1-8-9-10-13-20-44-24-16-17-25-27(23-45-30(25)21-24)29(40)22-36(32(42)46-34(2,3)4,33(43)47-35(5,6)7)18-19-39-31(41)26-14-11-12-15-28(26)37-38-39/h11-12,14-17,21,23H,8-10,13,18-20,22H2,1-7H3. The number of ether oxygens (including phenoxy) is 3. The molecule has 0 spiro atoms. The van der Waals surface area contributed by atoms with Gasteiger partial charge in [0, 0.05) is 24.4 Å². The van der Waals surface area contributed by atoms with Gasteiger partial charge in [-0.3, -0.25) is 19.2 Å². The molecule has 0 unspecified atom stereocenters. The zero-order valence-electron chi connectivity index (χ0n) is 28.4. The predicted molar refractivity (Wildman–Crippen MR) is 177 cm³/mol. The molecule has 0 bridgehead atoms. The Kier molecular flexibility index (Phi) is 10.9. The Balaban J connectivity index is 1.71. The Hall–Kier alpha value is -4.54. The predicted octanol–water partition coefficient (Wildman–Crippen LogP) is 6.83. The number of furan rings is 1. The van der Waals surface area contributed by atoms with Crippen molar-refractivity contribution < 1.29 is 33.0 Å². The first-order chi connectivity index (χ1) is 22.1. The topological polar surface area (TPSA) is 140 Å². The smallest absolute Gasteiger partial charge is 0.324 e. The fraction of sp³-hybridized carbons (Fsp3) is 0.500. The maximum Gasteiger partial charge on any atom is 0.324 e. The summed E-state index contributed by atoms with van der Waals surface area (Å²) < 4.78 is 24.2. The monoisotopic (exact) mass is 647 g/mol. The minimum absolute atomic E-state index is 0.189. The van der Waals surface area contributed by atoms with Crippen molar-refractivity contribution in [2.24, 2.45) is 5.41 Å². The van der Waals surface area contributed by atoms with Gasteiger partial charge in [0.1, 0.15) is 34.3 Å². The number of hydrogen-bond acceptors (Lipinski definition) is 10. The van der Waals surface area contributed by atoms with E-state index in [0.29, 0.717) is 34.2 Å². The molecule has 0 N–H and O–H groups in total. The Morgan fingerprint density at radius 2 is 1.55 bits per heavy atom. The van der Waals surface area contributed by atoms with Gasteiger partial charge in [0.25, 0.3) is 5.56 Å². The Labute approximate surface area is 274 Å². The summed E-state index contributed by atoms with van der Waals surface area (Å²) in [6.07, 6.45) is 4.69. The van der Waals surface area contributed by atoms with Crippen molar-refractivity contribution in [3.8, 4) is 5.75 Å². The molecule has 11 heteroatoms. The minimum atomic E-state index is -2.13. The number of unbranched alkanes of at least 4 members (excludes halogenated alkanes) is 3. The number of rotatable bonds is 14. The quantitative estimate of drug-likeness (QED) is 0.0619. The van der Waals surface area contributed by atoms with Crippen molar-refractivity contribution in [2.75, 3.05) is 6.61 Å². The highest BCUT2D eigenvalue weighted by atomic mass is 16.6. The average molecular weight is 648 g/mol. The van der Waals surface area contributed by atoms with Crippen molar-refractivity contribution in [3.63, 3.8) is 0 Å². The van der Waals surface area contributed by atoms with Gasteiger partial charge in [-0.1, -0.05) is 43.5 Å². The average Bonchev–Trinajstić information content (AvgIpc) is 3.42. The summed E-state index contributed by atoms with van der Waals surface area (Å²) in [6, 6.07) is 11.9. The minimum Gasteiger partial charge on any atom is -0.493 e. The Bertz CT molecular complexity index is 1760. The molecule has 11 nitrogen and oxygen atoms in total. The van der Waals surface area contributed by atoms with Crippen LogP contribution in [0.5, 0.6) is 5.75 Å². The SMILES string of the molecule is CCCCCCOc1ccc2c(C(=O)CC(CCn3nnc4ccccc4c3=O)(C(=O)OC(C)(C)C)C(=O)OC(C)(C)C)coc2c1. The van der Waals surface area contributed by atoms with Crippen molar-refractivity contribution in [3.05, 3.63) is 64.6 Å². The highest BCUT2D eigenvalue weighted by Crippen LogP contribution is 2.37. The Morgan fingerprint density at radius 3 is 2.21 bits per heavy atom. The summed E-state index contributed by atoms with van der Waals surface area (Å²) in [4.78, 5) is 55.5. The first kappa shape index (κ1) is 35.3. The third kappa shape index (κ3) is 8.84. The molecule has 0 aliphatic carbocycles. The van der Waals surface area contributed by atoms with E-state index in [4.69, 9.17) is 18.6 Å². The summed E-state index contributed by atoms with van der Waals surface area (Å²) in [6.45, 7) is 12.5. The lowest BCUT2D eigenvalue weighted by atomic mass is 9.78. The van der Waals surface area contributed by atoms with E-state index < -0.39 is 46.3 Å². The summed E-state index contributed by atoms with van der Waals surface area (Å²) in [5.74, 6) is -1.81. The number of fused-ring (bicyclic) bond motifs is 2. The highest BCUT2D eigenvalue weighted by molar-refractivity contribution is 6.12. The van der Waals surface area contributed by atoms with Crippen LogP contribution in [0.4, 0.5) is 0 Å². The number of carbonyl (C=O) groups excluding carboxylic acids is 3. The third-order valence-electron chi connectivity index (χ3n) is 7.54. The first-order valence-corrected chi connectivity index (χ1v) is 16.1. The molecule has 47 heavy (non-hydrogen) atoms. The van der Waals surface area contributed by atoms with Crippen LogP contribution in [0.15, 0.2) is 57.9 Å². The largest absolute Gasteiger partial charge is 0.493 e. The van der Waals surface area contributed by atoms with E-state index in [9.17, 15) is 19.2 Å². The van der Waals surface area contributed by atoms with Crippen LogP contribution in [-0.4, -0.2) is 50.5 Å². The number of aryl methyl sites for hydroxylation is 1.